The third kappa shape index (κ3) is 3.19. The second-order valence-corrected chi connectivity index (χ2v) is 4.86. The predicted molar refractivity (Wildman–Crippen MR) is 62.3 cm³/mol. The van der Waals surface area contributed by atoms with Gasteiger partial charge in [-0.05, 0) is 32.6 Å². The van der Waals surface area contributed by atoms with Gasteiger partial charge in [-0.25, -0.2) is 0 Å². The molecule has 16 heavy (non-hydrogen) atoms. The highest BCUT2D eigenvalue weighted by atomic mass is 16.5. The maximum atomic E-state index is 11.7. The van der Waals surface area contributed by atoms with E-state index in [-0.39, 0.29) is 5.91 Å². The summed E-state index contributed by atoms with van der Waals surface area (Å²) in [5.41, 5.74) is 0. The second-order valence-electron chi connectivity index (χ2n) is 4.86. The lowest BCUT2D eigenvalue weighted by atomic mass is 10.2. The number of hydrogen-bond acceptors (Lipinski definition) is 3. The van der Waals surface area contributed by atoms with Gasteiger partial charge in [-0.3, -0.25) is 4.79 Å². The van der Waals surface area contributed by atoms with Gasteiger partial charge in [0.05, 0.1) is 18.8 Å². The molecule has 0 aromatic rings. The molecule has 2 rings (SSSR count). The summed E-state index contributed by atoms with van der Waals surface area (Å²) in [5, 5.41) is 3.21. The molecular formula is C12H22N2O2. The molecule has 2 atom stereocenters. The number of amides is 1. The highest BCUT2D eigenvalue weighted by molar-refractivity contribution is 5.78. The Balaban J connectivity index is 1.58. The maximum absolute atomic E-state index is 11.7. The maximum Gasteiger partial charge on any atom is 0.236 e. The summed E-state index contributed by atoms with van der Waals surface area (Å²) in [5.74, 6) is 0.239. The number of likely N-dealkylation sites (tertiary alicyclic amines) is 1. The van der Waals surface area contributed by atoms with Gasteiger partial charge in [0.15, 0.2) is 0 Å². The third-order valence-electron chi connectivity index (χ3n) is 3.43. The summed E-state index contributed by atoms with van der Waals surface area (Å²) >= 11 is 0. The van der Waals surface area contributed by atoms with E-state index in [0.29, 0.717) is 18.8 Å². The van der Waals surface area contributed by atoms with Gasteiger partial charge in [-0.1, -0.05) is 0 Å². The Bertz CT molecular complexity index is 239. The van der Waals surface area contributed by atoms with E-state index in [4.69, 9.17) is 4.74 Å². The van der Waals surface area contributed by atoms with Crippen molar-refractivity contribution in [1.82, 2.24) is 10.2 Å². The zero-order valence-corrected chi connectivity index (χ0v) is 10.1. The molecule has 2 unspecified atom stereocenters. The molecule has 0 aliphatic carbocycles. The van der Waals surface area contributed by atoms with Crippen LogP contribution >= 0.6 is 0 Å². The quantitative estimate of drug-likeness (QED) is 0.769. The first-order chi connectivity index (χ1) is 7.75. The van der Waals surface area contributed by atoms with Crippen molar-refractivity contribution in [3.8, 4) is 0 Å². The van der Waals surface area contributed by atoms with Gasteiger partial charge in [0.2, 0.25) is 5.91 Å². The van der Waals surface area contributed by atoms with E-state index in [1.54, 1.807) is 0 Å². The number of nitrogens with one attached hydrogen (secondary N) is 1. The Morgan fingerprint density at radius 1 is 1.38 bits per heavy atom. The molecule has 2 aliphatic rings. The Morgan fingerprint density at radius 3 is 2.75 bits per heavy atom. The molecule has 4 nitrogen and oxygen atoms in total. The van der Waals surface area contributed by atoms with Crippen LogP contribution < -0.4 is 5.32 Å². The zero-order chi connectivity index (χ0) is 11.4. The van der Waals surface area contributed by atoms with Crippen LogP contribution in [0.1, 0.15) is 32.6 Å². The molecule has 2 heterocycles. The molecule has 0 spiro atoms. The summed E-state index contributed by atoms with van der Waals surface area (Å²) in [6.45, 7) is 5.27. The third-order valence-corrected chi connectivity index (χ3v) is 3.43. The Hall–Kier alpha value is -0.610. The summed E-state index contributed by atoms with van der Waals surface area (Å²) < 4.78 is 5.68. The molecule has 0 bridgehead atoms. The van der Waals surface area contributed by atoms with Crippen LogP contribution in [0.4, 0.5) is 0 Å². The predicted octanol–water partition coefficient (Wildman–Crippen LogP) is 0.766. The van der Waals surface area contributed by atoms with Crippen molar-refractivity contribution >= 4 is 5.91 Å². The fourth-order valence-electron chi connectivity index (χ4n) is 2.45. The molecule has 2 aliphatic heterocycles. The van der Waals surface area contributed by atoms with Gasteiger partial charge < -0.3 is 15.0 Å². The van der Waals surface area contributed by atoms with E-state index in [2.05, 4.69) is 12.2 Å². The summed E-state index contributed by atoms with van der Waals surface area (Å²) in [4.78, 5) is 13.7. The Labute approximate surface area is 97.3 Å². The monoisotopic (exact) mass is 226 g/mol. The topological polar surface area (TPSA) is 41.6 Å². The fraction of sp³-hybridized carbons (Fsp3) is 0.917. The van der Waals surface area contributed by atoms with Crippen molar-refractivity contribution in [3.05, 3.63) is 0 Å². The summed E-state index contributed by atoms with van der Waals surface area (Å²) in [6.07, 6.45) is 5.28. The highest BCUT2D eigenvalue weighted by Crippen LogP contribution is 2.18. The van der Waals surface area contributed by atoms with E-state index in [1.807, 2.05) is 4.90 Å². The number of hydrogen-bond donors (Lipinski definition) is 1. The van der Waals surface area contributed by atoms with Crippen LogP contribution in [0, 0.1) is 0 Å². The average molecular weight is 226 g/mol. The molecule has 0 aromatic carbocycles. The van der Waals surface area contributed by atoms with E-state index in [9.17, 15) is 4.79 Å². The molecule has 0 radical (unpaired) electrons. The standard InChI is InChI=1S/C12H22N2O2/c1-10-4-5-11(16-10)8-13-9-12(15)14-6-2-3-7-14/h10-11,13H,2-9H2,1H3. The lowest BCUT2D eigenvalue weighted by Gasteiger charge is -2.17. The van der Waals surface area contributed by atoms with Gasteiger partial charge in [0.25, 0.3) is 0 Å². The van der Waals surface area contributed by atoms with Crippen molar-refractivity contribution in [2.24, 2.45) is 0 Å². The van der Waals surface area contributed by atoms with Gasteiger partial charge >= 0.3 is 0 Å². The molecule has 4 heteroatoms. The number of ether oxygens (including phenoxy) is 1. The average Bonchev–Trinajstić information content (AvgIpc) is 2.89. The number of carbonyl (C=O) groups is 1. The molecule has 0 saturated carbocycles. The van der Waals surface area contributed by atoms with Crippen LogP contribution in [-0.4, -0.2) is 49.2 Å². The van der Waals surface area contributed by atoms with E-state index in [0.717, 1.165) is 45.3 Å². The van der Waals surface area contributed by atoms with E-state index >= 15 is 0 Å². The van der Waals surface area contributed by atoms with Gasteiger partial charge in [-0.2, -0.15) is 0 Å². The zero-order valence-electron chi connectivity index (χ0n) is 10.1. The first kappa shape index (κ1) is 11.9. The normalized spacial score (nSPS) is 29.9. The molecule has 2 fully saturated rings. The number of carbonyl (C=O) groups excluding carboxylic acids is 1. The SMILES string of the molecule is CC1CCC(CNCC(=O)N2CCCC2)O1. The van der Waals surface area contributed by atoms with Crippen molar-refractivity contribution in [3.63, 3.8) is 0 Å². The Kier molecular flexibility index (Phi) is 4.18. The molecule has 92 valence electrons. The fourth-order valence-corrected chi connectivity index (χ4v) is 2.45. The molecular weight excluding hydrogens is 204 g/mol. The molecule has 1 amide bonds. The van der Waals surface area contributed by atoms with Crippen LogP contribution in [0.5, 0.6) is 0 Å². The number of nitrogens with zero attached hydrogens (tertiary/aromatic N) is 1. The molecule has 0 aromatic heterocycles. The first-order valence-corrected chi connectivity index (χ1v) is 6.39. The summed E-state index contributed by atoms with van der Waals surface area (Å²) in [7, 11) is 0. The van der Waals surface area contributed by atoms with Crippen molar-refractivity contribution in [2.75, 3.05) is 26.2 Å². The number of rotatable bonds is 4. The summed E-state index contributed by atoms with van der Waals surface area (Å²) in [6, 6.07) is 0. The van der Waals surface area contributed by atoms with Crippen LogP contribution in [0.15, 0.2) is 0 Å². The molecule has 2 saturated heterocycles. The van der Waals surface area contributed by atoms with Crippen LogP contribution in [0.2, 0.25) is 0 Å². The Morgan fingerprint density at radius 2 is 2.12 bits per heavy atom. The van der Waals surface area contributed by atoms with Gasteiger partial charge in [-0.15, -0.1) is 0 Å². The highest BCUT2D eigenvalue weighted by Gasteiger charge is 2.22. The van der Waals surface area contributed by atoms with E-state index < -0.39 is 0 Å². The van der Waals surface area contributed by atoms with Crippen molar-refractivity contribution in [2.45, 2.75) is 44.8 Å². The minimum atomic E-state index is 0.239. The smallest absolute Gasteiger partial charge is 0.236 e. The van der Waals surface area contributed by atoms with Crippen LogP contribution in [-0.2, 0) is 9.53 Å². The van der Waals surface area contributed by atoms with Crippen LogP contribution in [0.25, 0.3) is 0 Å². The van der Waals surface area contributed by atoms with E-state index in [1.165, 1.54) is 0 Å². The molecule has 1 N–H and O–H groups in total. The largest absolute Gasteiger partial charge is 0.374 e. The van der Waals surface area contributed by atoms with Crippen molar-refractivity contribution < 1.29 is 9.53 Å². The second kappa shape index (κ2) is 5.64. The van der Waals surface area contributed by atoms with Crippen molar-refractivity contribution in [1.29, 1.82) is 0 Å². The van der Waals surface area contributed by atoms with Crippen LogP contribution in [0.3, 0.4) is 0 Å². The minimum absolute atomic E-state index is 0.239. The minimum Gasteiger partial charge on any atom is -0.374 e. The lowest BCUT2D eigenvalue weighted by Crippen LogP contribution is -2.38. The van der Waals surface area contributed by atoms with Gasteiger partial charge in [0, 0.05) is 19.6 Å². The first-order valence-electron chi connectivity index (χ1n) is 6.39. The lowest BCUT2D eigenvalue weighted by molar-refractivity contribution is -0.129. The van der Waals surface area contributed by atoms with Gasteiger partial charge in [0.1, 0.15) is 0 Å².